The van der Waals surface area contributed by atoms with E-state index in [-0.39, 0.29) is 11.7 Å². The van der Waals surface area contributed by atoms with Gasteiger partial charge in [-0.25, -0.2) is 5.43 Å². The van der Waals surface area contributed by atoms with Crippen LogP contribution in [0.3, 0.4) is 0 Å². The van der Waals surface area contributed by atoms with Gasteiger partial charge < -0.3 is 5.11 Å². The number of phenols is 1. The molecule has 0 spiro atoms. The van der Waals surface area contributed by atoms with Crippen molar-refractivity contribution >= 4 is 17.7 Å². The summed E-state index contributed by atoms with van der Waals surface area (Å²) in [7, 11) is 0. The molecule has 2 aromatic carbocycles. The summed E-state index contributed by atoms with van der Waals surface area (Å²) < 4.78 is 0. The second-order valence-corrected chi connectivity index (χ2v) is 4.49. The molecule has 0 unspecified atom stereocenters. The second-order valence-electron chi connectivity index (χ2n) is 4.49. The van der Waals surface area contributed by atoms with Gasteiger partial charge in [-0.15, -0.1) is 0 Å². The number of carbonyl (C=O) groups is 1. The molecule has 2 N–H and O–H groups in total. The number of nitrogens with one attached hydrogen (secondary N) is 1. The Bertz CT molecular complexity index is 659. The first-order chi connectivity index (χ1) is 10.1. The van der Waals surface area contributed by atoms with Crippen molar-refractivity contribution in [3.8, 4) is 5.75 Å². The zero-order valence-corrected chi connectivity index (χ0v) is 11.7. The fourth-order valence-corrected chi connectivity index (χ4v) is 1.63. The van der Waals surface area contributed by atoms with E-state index in [1.165, 1.54) is 24.3 Å². The SMILES string of the molecule is CC(C=Cc1ccccc1)=NNC(=O)c1ccc(O)cc1. The predicted molar refractivity (Wildman–Crippen MR) is 84.2 cm³/mol. The molecular formula is C17H16N2O2. The van der Waals surface area contributed by atoms with E-state index in [1.54, 1.807) is 6.92 Å². The molecule has 0 saturated heterocycles. The van der Waals surface area contributed by atoms with Gasteiger partial charge in [0.25, 0.3) is 5.91 Å². The monoisotopic (exact) mass is 280 g/mol. The molecule has 2 rings (SSSR count). The summed E-state index contributed by atoms with van der Waals surface area (Å²) in [5.41, 5.74) is 4.66. The molecule has 21 heavy (non-hydrogen) atoms. The molecule has 0 atom stereocenters. The van der Waals surface area contributed by atoms with E-state index < -0.39 is 0 Å². The second kappa shape index (κ2) is 7.05. The Morgan fingerprint density at radius 1 is 1.10 bits per heavy atom. The van der Waals surface area contributed by atoms with Crippen LogP contribution in [-0.2, 0) is 0 Å². The number of phenolic OH excluding ortho intramolecular Hbond substituents is 1. The van der Waals surface area contributed by atoms with Gasteiger partial charge in [0, 0.05) is 5.56 Å². The third-order valence-corrected chi connectivity index (χ3v) is 2.78. The summed E-state index contributed by atoms with van der Waals surface area (Å²) in [6, 6.07) is 15.8. The maximum atomic E-state index is 11.8. The lowest BCUT2D eigenvalue weighted by Gasteiger charge is -2.00. The van der Waals surface area contributed by atoms with Crippen molar-refractivity contribution in [3.63, 3.8) is 0 Å². The van der Waals surface area contributed by atoms with Crippen LogP contribution in [-0.4, -0.2) is 16.7 Å². The van der Waals surface area contributed by atoms with Crippen molar-refractivity contribution in [2.45, 2.75) is 6.92 Å². The van der Waals surface area contributed by atoms with Gasteiger partial charge in [0.15, 0.2) is 0 Å². The Morgan fingerprint density at radius 2 is 1.76 bits per heavy atom. The number of hydrogen-bond donors (Lipinski definition) is 2. The topological polar surface area (TPSA) is 61.7 Å². The Morgan fingerprint density at radius 3 is 2.43 bits per heavy atom. The van der Waals surface area contributed by atoms with E-state index in [4.69, 9.17) is 5.11 Å². The summed E-state index contributed by atoms with van der Waals surface area (Å²) >= 11 is 0. The first-order valence-electron chi connectivity index (χ1n) is 6.52. The van der Waals surface area contributed by atoms with Crippen LogP contribution < -0.4 is 5.43 Å². The van der Waals surface area contributed by atoms with Gasteiger partial charge in [0.2, 0.25) is 0 Å². The number of hydrazone groups is 1. The van der Waals surface area contributed by atoms with Gasteiger partial charge >= 0.3 is 0 Å². The number of amides is 1. The minimum absolute atomic E-state index is 0.122. The van der Waals surface area contributed by atoms with Crippen LogP contribution in [0.15, 0.2) is 65.8 Å². The van der Waals surface area contributed by atoms with Crippen molar-refractivity contribution in [1.82, 2.24) is 5.43 Å². The Labute approximate surface area is 123 Å². The Hall–Kier alpha value is -2.88. The largest absolute Gasteiger partial charge is 0.508 e. The molecule has 1 amide bonds. The number of aromatic hydroxyl groups is 1. The van der Waals surface area contributed by atoms with Crippen molar-refractivity contribution in [2.24, 2.45) is 5.10 Å². The third kappa shape index (κ3) is 4.62. The Kier molecular flexibility index (Phi) is 4.88. The molecule has 0 saturated carbocycles. The highest BCUT2D eigenvalue weighted by Gasteiger charge is 2.03. The highest BCUT2D eigenvalue weighted by molar-refractivity contribution is 5.99. The molecule has 0 fully saturated rings. The first-order valence-corrected chi connectivity index (χ1v) is 6.52. The summed E-state index contributed by atoms with van der Waals surface area (Å²) in [6.07, 6.45) is 3.75. The lowest BCUT2D eigenvalue weighted by molar-refractivity contribution is 0.0955. The molecule has 4 heteroatoms. The van der Waals surface area contributed by atoms with Crippen LogP contribution >= 0.6 is 0 Å². The van der Waals surface area contributed by atoms with Crippen molar-refractivity contribution in [1.29, 1.82) is 0 Å². The summed E-state index contributed by atoms with van der Waals surface area (Å²) in [4.78, 5) is 11.8. The molecule has 0 radical (unpaired) electrons. The number of rotatable bonds is 4. The lowest BCUT2D eigenvalue weighted by atomic mass is 10.2. The molecule has 0 heterocycles. The van der Waals surface area contributed by atoms with Crippen LogP contribution in [0.2, 0.25) is 0 Å². The van der Waals surface area contributed by atoms with Crippen LogP contribution in [0, 0.1) is 0 Å². The smallest absolute Gasteiger partial charge is 0.271 e. The van der Waals surface area contributed by atoms with Crippen molar-refractivity contribution < 1.29 is 9.90 Å². The standard InChI is InChI=1S/C17H16N2O2/c1-13(7-8-14-5-3-2-4-6-14)18-19-17(21)15-9-11-16(20)12-10-15/h2-12,20H,1H3,(H,19,21). The number of allylic oxidation sites excluding steroid dienone is 1. The molecule has 2 aromatic rings. The number of benzene rings is 2. The number of hydrogen-bond acceptors (Lipinski definition) is 3. The maximum Gasteiger partial charge on any atom is 0.271 e. The summed E-state index contributed by atoms with van der Waals surface area (Å²) in [5, 5.41) is 13.2. The fourth-order valence-electron chi connectivity index (χ4n) is 1.63. The minimum atomic E-state index is -0.317. The quantitative estimate of drug-likeness (QED) is 0.667. The van der Waals surface area contributed by atoms with E-state index in [2.05, 4.69) is 10.5 Å². The van der Waals surface area contributed by atoms with E-state index >= 15 is 0 Å². The predicted octanol–water partition coefficient (Wildman–Crippen LogP) is 3.21. The van der Waals surface area contributed by atoms with Crippen molar-refractivity contribution in [2.75, 3.05) is 0 Å². The molecule has 106 valence electrons. The van der Waals surface area contributed by atoms with Crippen LogP contribution in [0.1, 0.15) is 22.8 Å². The fraction of sp³-hybridized carbons (Fsp3) is 0.0588. The lowest BCUT2D eigenvalue weighted by Crippen LogP contribution is -2.18. The molecule has 0 aliphatic rings. The van der Waals surface area contributed by atoms with Crippen LogP contribution in [0.25, 0.3) is 6.08 Å². The highest BCUT2D eigenvalue weighted by Crippen LogP contribution is 2.09. The molecule has 0 aromatic heterocycles. The van der Waals surface area contributed by atoms with Gasteiger partial charge in [0.1, 0.15) is 5.75 Å². The van der Waals surface area contributed by atoms with E-state index in [1.807, 2.05) is 42.5 Å². The van der Waals surface area contributed by atoms with Gasteiger partial charge in [-0.2, -0.15) is 5.10 Å². The zero-order chi connectivity index (χ0) is 15.1. The highest BCUT2D eigenvalue weighted by atomic mass is 16.3. The molecule has 4 nitrogen and oxygen atoms in total. The van der Waals surface area contributed by atoms with E-state index in [0.29, 0.717) is 11.3 Å². The van der Waals surface area contributed by atoms with Gasteiger partial charge in [0.05, 0.1) is 5.71 Å². The first kappa shape index (κ1) is 14.5. The van der Waals surface area contributed by atoms with Gasteiger partial charge in [-0.05, 0) is 42.8 Å². The normalized spacial score (nSPS) is 11.6. The minimum Gasteiger partial charge on any atom is -0.508 e. The van der Waals surface area contributed by atoms with E-state index in [9.17, 15) is 4.79 Å². The average molecular weight is 280 g/mol. The zero-order valence-electron chi connectivity index (χ0n) is 11.7. The average Bonchev–Trinajstić information content (AvgIpc) is 2.52. The number of carbonyl (C=O) groups excluding carboxylic acids is 1. The van der Waals surface area contributed by atoms with E-state index in [0.717, 1.165) is 5.56 Å². The molecule has 0 aliphatic heterocycles. The van der Waals surface area contributed by atoms with Gasteiger partial charge in [-0.1, -0.05) is 36.4 Å². The summed E-state index contributed by atoms with van der Waals surface area (Å²) in [6.45, 7) is 1.80. The number of nitrogens with zero attached hydrogens (tertiary/aromatic N) is 1. The van der Waals surface area contributed by atoms with Crippen LogP contribution in [0.5, 0.6) is 5.75 Å². The van der Waals surface area contributed by atoms with Crippen molar-refractivity contribution in [3.05, 3.63) is 71.8 Å². The van der Waals surface area contributed by atoms with Crippen LogP contribution in [0.4, 0.5) is 0 Å². The molecule has 0 aliphatic carbocycles. The molecule has 0 bridgehead atoms. The Balaban J connectivity index is 1.95. The molecular weight excluding hydrogens is 264 g/mol. The summed E-state index contributed by atoms with van der Waals surface area (Å²) in [5.74, 6) is -0.195. The third-order valence-electron chi connectivity index (χ3n) is 2.78. The maximum absolute atomic E-state index is 11.8. The van der Waals surface area contributed by atoms with Gasteiger partial charge in [-0.3, -0.25) is 4.79 Å².